The van der Waals surface area contributed by atoms with E-state index in [4.69, 9.17) is 0 Å². The second kappa shape index (κ2) is 4.63. The van der Waals surface area contributed by atoms with Gasteiger partial charge in [0, 0.05) is 30.9 Å². The number of rotatable bonds is 2. The Balaban J connectivity index is 1.77. The van der Waals surface area contributed by atoms with Crippen molar-refractivity contribution in [2.45, 2.75) is 26.2 Å². The number of hydrogen-bond donors (Lipinski definition) is 1. The fourth-order valence-corrected chi connectivity index (χ4v) is 2.97. The highest BCUT2D eigenvalue weighted by molar-refractivity contribution is 5.95. The lowest BCUT2D eigenvalue weighted by Crippen LogP contribution is -2.28. The number of nitrogens with one attached hydrogen (secondary N) is 1. The fourth-order valence-electron chi connectivity index (χ4n) is 2.97. The van der Waals surface area contributed by atoms with E-state index >= 15 is 0 Å². The molecule has 1 aromatic rings. The number of amides is 1. The molecule has 1 fully saturated rings. The first-order valence-corrected chi connectivity index (χ1v) is 6.94. The Morgan fingerprint density at radius 1 is 1.50 bits per heavy atom. The van der Waals surface area contributed by atoms with Crippen molar-refractivity contribution in [1.82, 2.24) is 4.90 Å². The highest BCUT2D eigenvalue weighted by atomic mass is 16.2. The van der Waals surface area contributed by atoms with Gasteiger partial charge in [-0.25, -0.2) is 0 Å². The summed E-state index contributed by atoms with van der Waals surface area (Å²) in [5.41, 5.74) is 3.33. The van der Waals surface area contributed by atoms with E-state index in [-0.39, 0.29) is 5.91 Å². The maximum Gasteiger partial charge on any atom is 0.253 e. The lowest BCUT2D eigenvalue weighted by atomic mass is 10.1. The molecule has 96 valence electrons. The number of anilines is 1. The number of nitrogens with zero attached hydrogens (tertiary/aromatic N) is 1. The first kappa shape index (κ1) is 11.6. The Bertz CT molecular complexity index is 470. The molecule has 2 aliphatic heterocycles. The summed E-state index contributed by atoms with van der Waals surface area (Å²) in [7, 11) is 0. The monoisotopic (exact) mass is 244 g/mol. The molecule has 0 spiro atoms. The lowest BCUT2D eigenvalue weighted by Gasteiger charge is -2.16. The molecule has 2 aliphatic rings. The second-order valence-corrected chi connectivity index (χ2v) is 5.36. The molecule has 0 aromatic heterocycles. The Labute approximate surface area is 108 Å². The number of hydrogen-bond acceptors (Lipinski definition) is 2. The van der Waals surface area contributed by atoms with Crippen LogP contribution in [0, 0.1) is 5.92 Å². The van der Waals surface area contributed by atoms with Gasteiger partial charge in [-0.05, 0) is 42.5 Å². The molecule has 0 bridgehead atoms. The Morgan fingerprint density at radius 3 is 3.17 bits per heavy atom. The first-order chi connectivity index (χ1) is 8.78. The highest BCUT2D eigenvalue weighted by Crippen LogP contribution is 2.25. The van der Waals surface area contributed by atoms with Gasteiger partial charge in [-0.2, -0.15) is 0 Å². The summed E-state index contributed by atoms with van der Waals surface area (Å²) in [6, 6.07) is 6.07. The van der Waals surface area contributed by atoms with E-state index < -0.39 is 0 Å². The largest absolute Gasteiger partial charge is 0.384 e. The van der Waals surface area contributed by atoms with Crippen molar-refractivity contribution in [1.29, 1.82) is 0 Å². The Morgan fingerprint density at radius 2 is 2.39 bits per heavy atom. The smallest absolute Gasteiger partial charge is 0.253 e. The SMILES string of the molecule is CCC1CCN(C(=O)c2ccc3c(c2)CCN3)C1. The summed E-state index contributed by atoms with van der Waals surface area (Å²) < 4.78 is 0. The normalized spacial score (nSPS) is 21.8. The van der Waals surface area contributed by atoms with Crippen LogP contribution in [-0.2, 0) is 6.42 Å². The maximum atomic E-state index is 12.4. The third-order valence-corrected chi connectivity index (χ3v) is 4.21. The summed E-state index contributed by atoms with van der Waals surface area (Å²) in [4.78, 5) is 14.4. The van der Waals surface area contributed by atoms with Gasteiger partial charge in [-0.3, -0.25) is 4.79 Å². The molecule has 1 atom stereocenters. The number of carbonyl (C=O) groups excluding carboxylic acids is 1. The van der Waals surface area contributed by atoms with Crippen molar-refractivity contribution < 1.29 is 4.79 Å². The molecular weight excluding hydrogens is 224 g/mol. The van der Waals surface area contributed by atoms with E-state index in [0.29, 0.717) is 5.92 Å². The summed E-state index contributed by atoms with van der Waals surface area (Å²) in [5, 5.41) is 3.33. The second-order valence-electron chi connectivity index (χ2n) is 5.36. The molecule has 18 heavy (non-hydrogen) atoms. The molecule has 0 radical (unpaired) electrons. The fraction of sp³-hybridized carbons (Fsp3) is 0.533. The Kier molecular flexibility index (Phi) is 2.98. The van der Waals surface area contributed by atoms with Crippen LogP contribution < -0.4 is 5.32 Å². The minimum atomic E-state index is 0.209. The topological polar surface area (TPSA) is 32.3 Å². The predicted molar refractivity (Wildman–Crippen MR) is 72.9 cm³/mol. The lowest BCUT2D eigenvalue weighted by molar-refractivity contribution is 0.0787. The van der Waals surface area contributed by atoms with Crippen LogP contribution in [0.4, 0.5) is 5.69 Å². The number of fused-ring (bicyclic) bond motifs is 1. The molecule has 1 unspecified atom stereocenters. The van der Waals surface area contributed by atoms with E-state index in [1.165, 1.54) is 17.7 Å². The molecule has 1 N–H and O–H groups in total. The first-order valence-electron chi connectivity index (χ1n) is 6.94. The van der Waals surface area contributed by atoms with Gasteiger partial charge < -0.3 is 10.2 Å². The zero-order valence-corrected chi connectivity index (χ0v) is 10.9. The number of carbonyl (C=O) groups is 1. The van der Waals surface area contributed by atoms with Gasteiger partial charge in [0.05, 0.1) is 0 Å². The maximum absolute atomic E-state index is 12.4. The van der Waals surface area contributed by atoms with Crippen molar-refractivity contribution in [2.24, 2.45) is 5.92 Å². The predicted octanol–water partition coefficient (Wildman–Crippen LogP) is 2.53. The summed E-state index contributed by atoms with van der Waals surface area (Å²) >= 11 is 0. The summed E-state index contributed by atoms with van der Waals surface area (Å²) in [6.07, 6.45) is 3.38. The van der Waals surface area contributed by atoms with Crippen LogP contribution in [0.25, 0.3) is 0 Å². The van der Waals surface area contributed by atoms with Crippen molar-refractivity contribution in [3.63, 3.8) is 0 Å². The van der Waals surface area contributed by atoms with E-state index in [0.717, 1.165) is 38.0 Å². The van der Waals surface area contributed by atoms with Crippen LogP contribution >= 0.6 is 0 Å². The average molecular weight is 244 g/mol. The van der Waals surface area contributed by atoms with Crippen molar-refractivity contribution >= 4 is 11.6 Å². The van der Waals surface area contributed by atoms with Crippen molar-refractivity contribution in [3.05, 3.63) is 29.3 Å². The molecule has 2 heterocycles. The quantitative estimate of drug-likeness (QED) is 0.867. The van der Waals surface area contributed by atoms with Crippen LogP contribution in [0.5, 0.6) is 0 Å². The van der Waals surface area contributed by atoms with Crippen LogP contribution in [0.3, 0.4) is 0 Å². The van der Waals surface area contributed by atoms with Gasteiger partial charge in [0.1, 0.15) is 0 Å². The Hall–Kier alpha value is -1.51. The number of benzene rings is 1. The van der Waals surface area contributed by atoms with Gasteiger partial charge in [0.25, 0.3) is 5.91 Å². The average Bonchev–Trinajstić information content (AvgIpc) is 3.05. The van der Waals surface area contributed by atoms with E-state index in [1.54, 1.807) is 0 Å². The zero-order chi connectivity index (χ0) is 12.5. The van der Waals surface area contributed by atoms with Crippen molar-refractivity contribution in [2.75, 3.05) is 25.0 Å². The van der Waals surface area contributed by atoms with Crippen LogP contribution in [0.2, 0.25) is 0 Å². The van der Waals surface area contributed by atoms with E-state index in [2.05, 4.69) is 18.3 Å². The molecule has 1 saturated heterocycles. The molecule has 0 saturated carbocycles. The van der Waals surface area contributed by atoms with Gasteiger partial charge in [-0.1, -0.05) is 13.3 Å². The molecule has 1 amide bonds. The number of likely N-dealkylation sites (tertiary alicyclic amines) is 1. The zero-order valence-electron chi connectivity index (χ0n) is 10.9. The van der Waals surface area contributed by atoms with Crippen molar-refractivity contribution in [3.8, 4) is 0 Å². The summed E-state index contributed by atoms with van der Waals surface area (Å²) in [6.45, 7) is 5.06. The molecule has 3 nitrogen and oxygen atoms in total. The highest BCUT2D eigenvalue weighted by Gasteiger charge is 2.26. The van der Waals surface area contributed by atoms with E-state index in [9.17, 15) is 4.79 Å². The van der Waals surface area contributed by atoms with Gasteiger partial charge >= 0.3 is 0 Å². The molecule has 0 aliphatic carbocycles. The molecule has 1 aromatic carbocycles. The standard InChI is InChI=1S/C15H20N2O/c1-2-11-6-8-17(10-11)15(18)13-3-4-14-12(9-13)5-7-16-14/h3-4,9,11,16H,2,5-8,10H2,1H3. The van der Waals surface area contributed by atoms with Crippen LogP contribution in [-0.4, -0.2) is 30.4 Å². The molecular formula is C15H20N2O. The minimum absolute atomic E-state index is 0.209. The van der Waals surface area contributed by atoms with Crippen LogP contribution in [0.1, 0.15) is 35.7 Å². The molecule has 3 rings (SSSR count). The third kappa shape index (κ3) is 1.98. The third-order valence-electron chi connectivity index (χ3n) is 4.21. The summed E-state index contributed by atoms with van der Waals surface area (Å²) in [5.74, 6) is 0.908. The van der Waals surface area contributed by atoms with Crippen LogP contribution in [0.15, 0.2) is 18.2 Å². The molecule has 3 heteroatoms. The minimum Gasteiger partial charge on any atom is -0.384 e. The van der Waals surface area contributed by atoms with Gasteiger partial charge in [-0.15, -0.1) is 0 Å². The van der Waals surface area contributed by atoms with Gasteiger partial charge in [0.15, 0.2) is 0 Å². The van der Waals surface area contributed by atoms with E-state index in [1.807, 2.05) is 17.0 Å². The van der Waals surface area contributed by atoms with Gasteiger partial charge in [0.2, 0.25) is 0 Å².